The van der Waals surface area contributed by atoms with Crippen LogP contribution in [0.4, 0.5) is 0 Å². The molecule has 2 unspecified atom stereocenters. The Morgan fingerprint density at radius 3 is 2.53 bits per heavy atom. The molecule has 1 aromatic heterocycles. The van der Waals surface area contributed by atoms with Crippen LogP contribution in [0.2, 0.25) is 0 Å². The van der Waals surface area contributed by atoms with Gasteiger partial charge in [0, 0.05) is 13.2 Å². The van der Waals surface area contributed by atoms with Crippen LogP contribution in [-0.2, 0) is 10.3 Å². The fourth-order valence-corrected chi connectivity index (χ4v) is 2.71. The Morgan fingerprint density at radius 1 is 1.26 bits per heavy atom. The molecule has 5 heteroatoms. The molecule has 0 aliphatic heterocycles. The molecule has 19 heavy (non-hydrogen) atoms. The predicted molar refractivity (Wildman–Crippen MR) is 73.0 cm³/mol. The second-order valence-corrected chi connectivity index (χ2v) is 5.58. The highest BCUT2D eigenvalue weighted by Crippen LogP contribution is 2.38. The zero-order chi connectivity index (χ0) is 13.9. The summed E-state index contributed by atoms with van der Waals surface area (Å²) >= 11 is 0. The third kappa shape index (κ3) is 2.82. The molecule has 1 aliphatic rings. The summed E-state index contributed by atoms with van der Waals surface area (Å²) in [5.74, 6) is 1.61. The van der Waals surface area contributed by atoms with Gasteiger partial charge >= 0.3 is 0 Å². The van der Waals surface area contributed by atoms with Crippen LogP contribution in [-0.4, -0.2) is 30.3 Å². The number of nitrogens with one attached hydrogen (secondary N) is 1. The van der Waals surface area contributed by atoms with Crippen LogP contribution in [0.25, 0.3) is 0 Å². The molecule has 0 amide bonds. The van der Waals surface area contributed by atoms with Crippen LogP contribution in [0.5, 0.6) is 0 Å². The van der Waals surface area contributed by atoms with E-state index in [4.69, 9.17) is 9.26 Å². The van der Waals surface area contributed by atoms with Gasteiger partial charge in [-0.05, 0) is 26.8 Å². The smallest absolute Gasteiger partial charge is 0.231 e. The highest BCUT2D eigenvalue weighted by molar-refractivity contribution is 5.05. The largest absolute Gasteiger partial charge is 0.370 e. The van der Waals surface area contributed by atoms with Crippen molar-refractivity contribution in [3.05, 3.63) is 11.7 Å². The molecule has 2 rings (SSSR count). The van der Waals surface area contributed by atoms with Gasteiger partial charge in [-0.1, -0.05) is 31.3 Å². The normalized spacial score (nSPS) is 22.1. The van der Waals surface area contributed by atoms with E-state index in [0.29, 0.717) is 11.9 Å². The van der Waals surface area contributed by atoms with E-state index in [1.54, 1.807) is 7.11 Å². The van der Waals surface area contributed by atoms with E-state index in [1.165, 1.54) is 19.3 Å². The second-order valence-electron chi connectivity index (χ2n) is 5.58. The van der Waals surface area contributed by atoms with E-state index in [-0.39, 0.29) is 11.5 Å². The summed E-state index contributed by atoms with van der Waals surface area (Å²) < 4.78 is 11.2. The van der Waals surface area contributed by atoms with Crippen LogP contribution in [0, 0.1) is 0 Å². The SMILES string of the molecule is CNC(C)C(C)c1nc(C2(OC)CCCCC2)no1. The Hall–Kier alpha value is -0.940. The van der Waals surface area contributed by atoms with Crippen molar-refractivity contribution in [2.45, 2.75) is 63.5 Å². The minimum atomic E-state index is -0.331. The zero-order valence-corrected chi connectivity index (χ0v) is 12.4. The number of hydrogen-bond donors (Lipinski definition) is 1. The number of rotatable bonds is 5. The number of nitrogens with zero attached hydrogens (tertiary/aromatic N) is 2. The molecule has 0 saturated heterocycles. The van der Waals surface area contributed by atoms with Crippen LogP contribution in [0.15, 0.2) is 4.52 Å². The van der Waals surface area contributed by atoms with E-state index in [0.717, 1.165) is 18.7 Å². The van der Waals surface area contributed by atoms with Gasteiger partial charge in [0.25, 0.3) is 0 Å². The number of hydrogen-bond acceptors (Lipinski definition) is 5. The van der Waals surface area contributed by atoms with E-state index in [2.05, 4.69) is 29.3 Å². The monoisotopic (exact) mass is 267 g/mol. The van der Waals surface area contributed by atoms with Gasteiger partial charge in [0.2, 0.25) is 11.7 Å². The van der Waals surface area contributed by atoms with E-state index < -0.39 is 0 Å². The molecule has 0 spiro atoms. The zero-order valence-electron chi connectivity index (χ0n) is 12.4. The predicted octanol–water partition coefficient (Wildman–Crippen LogP) is 2.59. The van der Waals surface area contributed by atoms with Crippen molar-refractivity contribution < 1.29 is 9.26 Å². The highest BCUT2D eigenvalue weighted by Gasteiger charge is 2.39. The van der Waals surface area contributed by atoms with Crippen molar-refractivity contribution in [2.75, 3.05) is 14.2 Å². The average Bonchev–Trinajstić information content (AvgIpc) is 2.96. The first kappa shape index (κ1) is 14.5. The molecule has 5 nitrogen and oxygen atoms in total. The molecule has 1 fully saturated rings. The molecule has 2 atom stereocenters. The maximum absolute atomic E-state index is 5.74. The van der Waals surface area contributed by atoms with Crippen molar-refractivity contribution in [1.82, 2.24) is 15.5 Å². The summed E-state index contributed by atoms with van der Waals surface area (Å²) in [5.41, 5.74) is -0.331. The lowest BCUT2D eigenvalue weighted by Gasteiger charge is -2.32. The molecule has 1 aromatic rings. The molecule has 1 N–H and O–H groups in total. The molecule has 0 bridgehead atoms. The first-order valence-corrected chi connectivity index (χ1v) is 7.19. The van der Waals surface area contributed by atoms with Crippen molar-refractivity contribution in [2.24, 2.45) is 0 Å². The van der Waals surface area contributed by atoms with Crippen LogP contribution < -0.4 is 5.32 Å². The molecular weight excluding hydrogens is 242 g/mol. The van der Waals surface area contributed by atoms with Gasteiger partial charge in [0.05, 0.1) is 5.92 Å². The summed E-state index contributed by atoms with van der Waals surface area (Å²) in [5, 5.41) is 7.40. The average molecular weight is 267 g/mol. The Balaban J connectivity index is 2.19. The van der Waals surface area contributed by atoms with Crippen molar-refractivity contribution in [1.29, 1.82) is 0 Å². The Morgan fingerprint density at radius 2 is 1.95 bits per heavy atom. The van der Waals surface area contributed by atoms with E-state index in [9.17, 15) is 0 Å². The second kappa shape index (κ2) is 6.01. The maximum atomic E-state index is 5.74. The van der Waals surface area contributed by atoms with Gasteiger partial charge in [-0.3, -0.25) is 0 Å². The fourth-order valence-electron chi connectivity index (χ4n) is 2.71. The standard InChI is InChI=1S/C14H25N3O2/c1-10(11(2)15-3)12-16-13(17-19-12)14(18-4)8-6-5-7-9-14/h10-11,15H,5-9H2,1-4H3. The Labute approximate surface area is 115 Å². The number of likely N-dealkylation sites (N-methyl/N-ethyl adjacent to an activating group) is 1. The fraction of sp³-hybridized carbons (Fsp3) is 0.857. The Kier molecular flexibility index (Phi) is 4.58. The van der Waals surface area contributed by atoms with Crippen molar-refractivity contribution >= 4 is 0 Å². The van der Waals surface area contributed by atoms with Crippen LogP contribution in [0.3, 0.4) is 0 Å². The number of methoxy groups -OCH3 is 1. The van der Waals surface area contributed by atoms with Gasteiger partial charge in [0.15, 0.2) is 0 Å². The molecule has 108 valence electrons. The lowest BCUT2D eigenvalue weighted by atomic mass is 9.84. The first-order chi connectivity index (χ1) is 9.13. The summed E-state index contributed by atoms with van der Waals surface area (Å²) in [6.07, 6.45) is 5.57. The lowest BCUT2D eigenvalue weighted by Crippen LogP contribution is -2.32. The lowest BCUT2D eigenvalue weighted by molar-refractivity contribution is -0.0527. The topological polar surface area (TPSA) is 60.2 Å². The number of aromatic nitrogens is 2. The molecule has 0 radical (unpaired) electrons. The van der Waals surface area contributed by atoms with Gasteiger partial charge in [-0.2, -0.15) is 4.98 Å². The summed E-state index contributed by atoms with van der Waals surface area (Å²) in [6, 6.07) is 0.304. The molecule has 1 aliphatic carbocycles. The summed E-state index contributed by atoms with van der Waals surface area (Å²) in [4.78, 5) is 4.60. The highest BCUT2D eigenvalue weighted by atomic mass is 16.5. The quantitative estimate of drug-likeness (QED) is 0.888. The Bertz CT molecular complexity index is 399. The first-order valence-electron chi connectivity index (χ1n) is 7.19. The number of ether oxygens (including phenoxy) is 1. The minimum absolute atomic E-state index is 0.198. The summed E-state index contributed by atoms with van der Waals surface area (Å²) in [6.45, 7) is 4.21. The van der Waals surface area contributed by atoms with Crippen molar-refractivity contribution in [3.63, 3.8) is 0 Å². The molecule has 0 aromatic carbocycles. The van der Waals surface area contributed by atoms with Crippen LogP contribution >= 0.6 is 0 Å². The summed E-state index contributed by atoms with van der Waals surface area (Å²) in [7, 11) is 3.69. The molecule has 1 heterocycles. The van der Waals surface area contributed by atoms with Gasteiger partial charge < -0.3 is 14.6 Å². The molecular formula is C14H25N3O2. The van der Waals surface area contributed by atoms with Gasteiger partial charge in [-0.15, -0.1) is 0 Å². The third-order valence-electron chi connectivity index (χ3n) is 4.50. The van der Waals surface area contributed by atoms with E-state index in [1.807, 2.05) is 7.05 Å². The van der Waals surface area contributed by atoms with Gasteiger partial charge in [0.1, 0.15) is 5.60 Å². The minimum Gasteiger partial charge on any atom is -0.370 e. The third-order valence-corrected chi connectivity index (χ3v) is 4.50. The van der Waals surface area contributed by atoms with E-state index >= 15 is 0 Å². The van der Waals surface area contributed by atoms with Crippen LogP contribution in [0.1, 0.15) is 63.6 Å². The molecule has 1 saturated carbocycles. The van der Waals surface area contributed by atoms with Gasteiger partial charge in [-0.25, -0.2) is 0 Å². The van der Waals surface area contributed by atoms with Crippen molar-refractivity contribution in [3.8, 4) is 0 Å². The maximum Gasteiger partial charge on any atom is 0.231 e.